The minimum absolute atomic E-state index is 0.103. The van der Waals surface area contributed by atoms with Gasteiger partial charge in [-0.25, -0.2) is 0 Å². The Labute approximate surface area is 67.1 Å². The lowest BCUT2D eigenvalue weighted by atomic mass is 10.2. The topological polar surface area (TPSA) is 29.5 Å². The van der Waals surface area contributed by atoms with Gasteiger partial charge in [0, 0.05) is 11.7 Å². The molecule has 1 N–H and O–H groups in total. The normalized spacial score (nSPS) is 11.1. The lowest BCUT2D eigenvalue weighted by Crippen LogP contribution is -2.16. The van der Waals surface area contributed by atoms with Crippen LogP contribution in [0.3, 0.4) is 0 Å². The van der Waals surface area contributed by atoms with Gasteiger partial charge < -0.3 is 9.53 Å². The molecule has 64 valence electrons. The van der Waals surface area contributed by atoms with E-state index in [1.165, 1.54) is 0 Å². The highest BCUT2D eigenvalue weighted by Gasteiger charge is 2.03. The van der Waals surface area contributed by atoms with Crippen molar-refractivity contribution in [1.82, 2.24) is 0 Å². The summed E-state index contributed by atoms with van der Waals surface area (Å²) in [5.74, 6) is 0. The molecule has 0 saturated heterocycles. The van der Waals surface area contributed by atoms with Crippen molar-refractivity contribution in [2.75, 3.05) is 0 Å². The third kappa shape index (κ3) is 42.1. The fraction of sp³-hybridized carbons (Fsp3) is 1.00. The summed E-state index contributed by atoms with van der Waals surface area (Å²) in [7, 11) is 0.848. The lowest BCUT2D eigenvalue weighted by Gasteiger charge is -2.15. The standard InChI is InChI=1S/C4H12OSi.C3H8O/c1-4(2,3)5-6;1-3(2)4/h1-3,6H3;3-4H,1-2H3. The van der Waals surface area contributed by atoms with Gasteiger partial charge in [0.25, 0.3) is 0 Å². The van der Waals surface area contributed by atoms with Gasteiger partial charge in [0.1, 0.15) is 10.5 Å². The molecule has 0 aliphatic rings. The molecule has 0 aromatic rings. The molecule has 0 atom stereocenters. The van der Waals surface area contributed by atoms with Gasteiger partial charge in [0.05, 0.1) is 0 Å². The molecule has 0 unspecified atom stereocenters. The molecule has 3 heteroatoms. The largest absolute Gasteiger partial charge is 0.423 e. The van der Waals surface area contributed by atoms with Crippen molar-refractivity contribution >= 4 is 10.5 Å². The van der Waals surface area contributed by atoms with Gasteiger partial charge in [-0.1, -0.05) is 0 Å². The van der Waals surface area contributed by atoms with Crippen LogP contribution in [0.5, 0.6) is 0 Å². The van der Waals surface area contributed by atoms with Crippen molar-refractivity contribution in [2.24, 2.45) is 0 Å². The monoisotopic (exact) mass is 164 g/mol. The number of aliphatic hydroxyl groups is 1. The third-order valence-electron chi connectivity index (χ3n) is 0.612. The molecular weight excluding hydrogens is 144 g/mol. The Morgan fingerprint density at radius 2 is 1.40 bits per heavy atom. The van der Waals surface area contributed by atoms with Crippen molar-refractivity contribution in [3.63, 3.8) is 0 Å². The maximum Gasteiger partial charge on any atom is 0.146 e. The van der Waals surface area contributed by atoms with E-state index >= 15 is 0 Å². The van der Waals surface area contributed by atoms with E-state index in [0.29, 0.717) is 0 Å². The number of rotatable bonds is 0. The summed E-state index contributed by atoms with van der Waals surface area (Å²) in [5.41, 5.74) is 0.103. The SMILES string of the molecule is CC(C)(C)O[SiH3].CC(C)O. The predicted octanol–water partition coefficient (Wildman–Crippen LogP) is 0.469. The maximum absolute atomic E-state index is 8.06. The third-order valence-corrected chi connectivity index (χ3v) is 1.84. The van der Waals surface area contributed by atoms with E-state index in [0.717, 1.165) is 10.5 Å². The summed E-state index contributed by atoms with van der Waals surface area (Å²) in [4.78, 5) is 0. The van der Waals surface area contributed by atoms with Gasteiger partial charge in [-0.05, 0) is 34.6 Å². The molecule has 0 bridgehead atoms. The van der Waals surface area contributed by atoms with Crippen LogP contribution in [0, 0.1) is 0 Å². The molecule has 0 rings (SSSR count). The van der Waals surface area contributed by atoms with Crippen LogP contribution in [-0.2, 0) is 4.43 Å². The first-order valence-electron chi connectivity index (χ1n) is 3.53. The molecule has 0 saturated carbocycles. The first-order valence-corrected chi connectivity index (χ1v) is 4.34. The highest BCUT2D eigenvalue weighted by molar-refractivity contribution is 5.98. The van der Waals surface area contributed by atoms with Gasteiger partial charge in [0.2, 0.25) is 0 Å². The van der Waals surface area contributed by atoms with Crippen molar-refractivity contribution in [1.29, 1.82) is 0 Å². The van der Waals surface area contributed by atoms with Crippen LogP contribution in [0.4, 0.5) is 0 Å². The summed E-state index contributed by atoms with van der Waals surface area (Å²) in [5, 5.41) is 8.06. The first kappa shape index (κ1) is 12.8. The molecule has 0 aromatic heterocycles. The highest BCUT2D eigenvalue weighted by atomic mass is 28.2. The minimum Gasteiger partial charge on any atom is -0.423 e. The Morgan fingerprint density at radius 1 is 1.30 bits per heavy atom. The van der Waals surface area contributed by atoms with Gasteiger partial charge in [-0.2, -0.15) is 0 Å². The Hall–Kier alpha value is 0.137. The Balaban J connectivity index is 0. The van der Waals surface area contributed by atoms with Crippen LogP contribution in [0.2, 0.25) is 0 Å². The second kappa shape index (κ2) is 5.89. The molecule has 10 heavy (non-hydrogen) atoms. The lowest BCUT2D eigenvalue weighted by molar-refractivity contribution is 0.147. The van der Waals surface area contributed by atoms with Crippen LogP contribution >= 0.6 is 0 Å². The van der Waals surface area contributed by atoms with Crippen LogP contribution in [0.15, 0.2) is 0 Å². The number of hydrogen-bond acceptors (Lipinski definition) is 2. The molecule has 2 nitrogen and oxygen atoms in total. The predicted molar refractivity (Wildman–Crippen MR) is 48.1 cm³/mol. The molecule has 0 aromatic carbocycles. The molecule has 0 fully saturated rings. The maximum atomic E-state index is 8.06. The summed E-state index contributed by atoms with van der Waals surface area (Å²) in [6.45, 7) is 9.61. The summed E-state index contributed by atoms with van der Waals surface area (Å²) < 4.78 is 5.08. The quantitative estimate of drug-likeness (QED) is 0.527. The fourth-order valence-corrected chi connectivity index (χ4v) is 0. The number of hydrogen-bond donors (Lipinski definition) is 1. The van der Waals surface area contributed by atoms with Crippen molar-refractivity contribution in [2.45, 2.75) is 46.3 Å². The number of aliphatic hydroxyl groups excluding tert-OH is 1. The zero-order valence-electron chi connectivity index (χ0n) is 7.93. The molecule has 0 amide bonds. The zero-order valence-corrected chi connectivity index (χ0v) is 9.93. The molecule has 0 heterocycles. The van der Waals surface area contributed by atoms with Gasteiger partial charge in [-0.3, -0.25) is 0 Å². The van der Waals surface area contributed by atoms with E-state index in [4.69, 9.17) is 9.53 Å². The highest BCUT2D eigenvalue weighted by Crippen LogP contribution is 2.01. The molecule has 0 aliphatic carbocycles. The fourth-order valence-electron chi connectivity index (χ4n) is 0. The molecule has 0 aliphatic heterocycles. The van der Waals surface area contributed by atoms with Gasteiger partial charge >= 0.3 is 0 Å². The van der Waals surface area contributed by atoms with Crippen LogP contribution in [0.25, 0.3) is 0 Å². The summed E-state index contributed by atoms with van der Waals surface area (Å²) in [6, 6.07) is 0. The Morgan fingerprint density at radius 3 is 1.40 bits per heavy atom. The first-order chi connectivity index (χ1) is 4.29. The van der Waals surface area contributed by atoms with E-state index in [1.807, 2.05) is 0 Å². The van der Waals surface area contributed by atoms with Crippen LogP contribution in [0.1, 0.15) is 34.6 Å². The second-order valence-electron chi connectivity index (χ2n) is 3.41. The van der Waals surface area contributed by atoms with E-state index in [2.05, 4.69) is 20.8 Å². The summed E-state index contributed by atoms with van der Waals surface area (Å²) >= 11 is 0. The molecule has 0 radical (unpaired) electrons. The van der Waals surface area contributed by atoms with E-state index < -0.39 is 0 Å². The second-order valence-corrected chi connectivity index (χ2v) is 3.82. The van der Waals surface area contributed by atoms with Crippen molar-refractivity contribution < 1.29 is 9.53 Å². The van der Waals surface area contributed by atoms with E-state index in [9.17, 15) is 0 Å². The average Bonchev–Trinajstić information content (AvgIpc) is 1.63. The average molecular weight is 164 g/mol. The van der Waals surface area contributed by atoms with Crippen molar-refractivity contribution in [3.8, 4) is 0 Å². The van der Waals surface area contributed by atoms with E-state index in [-0.39, 0.29) is 11.7 Å². The van der Waals surface area contributed by atoms with Gasteiger partial charge in [-0.15, -0.1) is 0 Å². The summed E-state index contributed by atoms with van der Waals surface area (Å²) in [6.07, 6.45) is -0.167. The minimum atomic E-state index is -0.167. The van der Waals surface area contributed by atoms with Gasteiger partial charge in [0.15, 0.2) is 0 Å². The van der Waals surface area contributed by atoms with Crippen molar-refractivity contribution in [3.05, 3.63) is 0 Å². The van der Waals surface area contributed by atoms with Crippen LogP contribution in [-0.4, -0.2) is 27.3 Å². The van der Waals surface area contributed by atoms with E-state index in [1.54, 1.807) is 13.8 Å². The zero-order chi connectivity index (χ0) is 8.78. The molecular formula is C7H20O2Si. The molecule has 0 spiro atoms. The Kier molecular flexibility index (Phi) is 7.52. The smallest absolute Gasteiger partial charge is 0.146 e. The Bertz CT molecular complexity index is 63.7. The van der Waals surface area contributed by atoms with Crippen LogP contribution < -0.4 is 0 Å².